The van der Waals surface area contributed by atoms with Crippen LogP contribution in [0.2, 0.25) is 5.02 Å². The zero-order chi connectivity index (χ0) is 16.6. The lowest BCUT2D eigenvalue weighted by Gasteiger charge is -2.22. The van der Waals surface area contributed by atoms with Crippen LogP contribution in [0.4, 0.5) is 0 Å². The van der Waals surface area contributed by atoms with Crippen LogP contribution in [0.25, 0.3) is 22.2 Å². The van der Waals surface area contributed by atoms with Crippen LogP contribution in [0.1, 0.15) is 18.5 Å². The number of halogens is 1. The predicted octanol–water partition coefficient (Wildman–Crippen LogP) is 2.31. The first-order chi connectivity index (χ1) is 12.3. The predicted molar refractivity (Wildman–Crippen MR) is 91.4 cm³/mol. The van der Waals surface area contributed by atoms with Crippen LogP contribution < -0.4 is 5.48 Å². The minimum Gasteiger partial charge on any atom is -0.283 e. The fourth-order valence-electron chi connectivity index (χ4n) is 3.71. The molecule has 6 rings (SSSR count). The molecule has 1 saturated carbocycles. The Balaban J connectivity index is 1.81. The molecule has 0 bridgehead atoms. The van der Waals surface area contributed by atoms with Crippen LogP contribution in [-0.4, -0.2) is 30.3 Å². The number of nitrogens with one attached hydrogen (secondary N) is 1. The maximum atomic E-state index is 6.44. The number of imidazole rings is 1. The van der Waals surface area contributed by atoms with Gasteiger partial charge in [-0.05, 0) is 25.0 Å². The monoisotopic (exact) mass is 353 g/mol. The molecule has 25 heavy (non-hydrogen) atoms. The average Bonchev–Trinajstić information content (AvgIpc) is 3.04. The quantitative estimate of drug-likeness (QED) is 0.598. The number of rotatable bonds is 2. The van der Waals surface area contributed by atoms with Gasteiger partial charge in [0.1, 0.15) is 24.7 Å². The molecule has 0 saturated heterocycles. The highest BCUT2D eigenvalue weighted by Gasteiger charge is 2.53. The highest BCUT2D eigenvalue weighted by Crippen LogP contribution is 2.50. The summed E-state index contributed by atoms with van der Waals surface area (Å²) in [6.45, 7) is 0. The van der Waals surface area contributed by atoms with Crippen LogP contribution in [0.3, 0.4) is 0 Å². The molecule has 8 nitrogen and oxygen atoms in total. The summed E-state index contributed by atoms with van der Waals surface area (Å²) >= 11 is 6.44. The van der Waals surface area contributed by atoms with E-state index in [0.29, 0.717) is 16.6 Å². The van der Waals surface area contributed by atoms with Crippen molar-refractivity contribution >= 4 is 40.1 Å². The highest BCUT2D eigenvalue weighted by molar-refractivity contribution is 6.36. The normalized spacial score (nSPS) is 23.1. The minimum absolute atomic E-state index is 0.297. The Hall–Kier alpha value is -2.71. The van der Waals surface area contributed by atoms with Gasteiger partial charge in [0.15, 0.2) is 11.3 Å². The molecule has 1 atom stereocenters. The molecule has 4 heterocycles. The number of hydrogen-bond donors (Lipinski definition) is 1. The largest absolute Gasteiger partial charge is 0.283 e. The number of aromatic nitrogens is 5. The van der Waals surface area contributed by atoms with Gasteiger partial charge in [-0.15, -0.1) is 0 Å². The van der Waals surface area contributed by atoms with E-state index < -0.39 is 5.72 Å². The highest BCUT2D eigenvalue weighted by atomic mass is 35.5. The molecule has 4 aromatic rings. The molecule has 1 aliphatic heterocycles. The summed E-state index contributed by atoms with van der Waals surface area (Å²) in [5.74, 6) is 0.297. The Morgan fingerprint density at radius 1 is 1.28 bits per heavy atom. The van der Waals surface area contributed by atoms with Gasteiger partial charge < -0.3 is 0 Å². The van der Waals surface area contributed by atoms with Crippen molar-refractivity contribution in [2.24, 2.45) is 10.9 Å². The number of hydroxylamine groups is 1. The van der Waals surface area contributed by atoms with Crippen molar-refractivity contribution in [1.82, 2.24) is 29.5 Å². The van der Waals surface area contributed by atoms with E-state index in [1.54, 1.807) is 17.2 Å². The van der Waals surface area contributed by atoms with Crippen LogP contribution >= 0.6 is 11.6 Å². The van der Waals surface area contributed by atoms with Crippen molar-refractivity contribution in [3.05, 3.63) is 41.6 Å². The second kappa shape index (κ2) is 4.47. The molecule has 1 fully saturated rings. The summed E-state index contributed by atoms with van der Waals surface area (Å²) in [7, 11) is 0. The molecule has 1 N–H and O–H groups in total. The van der Waals surface area contributed by atoms with Gasteiger partial charge in [-0.2, -0.15) is 9.61 Å². The maximum absolute atomic E-state index is 6.44. The summed E-state index contributed by atoms with van der Waals surface area (Å²) in [5.41, 5.74) is 5.08. The van der Waals surface area contributed by atoms with Gasteiger partial charge in [0.25, 0.3) is 0 Å². The van der Waals surface area contributed by atoms with E-state index in [0.717, 1.165) is 35.1 Å². The van der Waals surface area contributed by atoms with Gasteiger partial charge in [0.05, 0.1) is 15.9 Å². The summed E-state index contributed by atoms with van der Waals surface area (Å²) in [6, 6.07) is 5.76. The van der Waals surface area contributed by atoms with E-state index in [4.69, 9.17) is 16.4 Å². The second-order valence-electron chi connectivity index (χ2n) is 6.37. The standard InChI is InChI=1S/C16H12ClN7O/c17-10-2-1-3-11-12(10)14-18-6-21-24(14)15-13(19-8-23(11)15)16(9-4-5-9)20-7-22-25-16/h1-3,6-9H,4-5H2,(H,20,22). The van der Waals surface area contributed by atoms with Crippen molar-refractivity contribution in [1.29, 1.82) is 0 Å². The fraction of sp³-hybridized carbons (Fsp3) is 0.250. The Morgan fingerprint density at radius 2 is 2.20 bits per heavy atom. The van der Waals surface area contributed by atoms with E-state index in [2.05, 4.69) is 25.5 Å². The molecule has 3 aromatic heterocycles. The number of aliphatic imine (C=N–C) groups is 1. The number of fused-ring (bicyclic) bond motifs is 6. The van der Waals surface area contributed by atoms with Gasteiger partial charge in [-0.1, -0.05) is 17.7 Å². The zero-order valence-electron chi connectivity index (χ0n) is 12.9. The molecule has 2 aliphatic rings. The van der Waals surface area contributed by atoms with Crippen molar-refractivity contribution < 1.29 is 4.84 Å². The lowest BCUT2D eigenvalue weighted by molar-refractivity contribution is -0.0766. The van der Waals surface area contributed by atoms with Gasteiger partial charge in [-0.25, -0.2) is 19.8 Å². The summed E-state index contributed by atoms with van der Waals surface area (Å²) in [6.07, 6.45) is 6.98. The van der Waals surface area contributed by atoms with Crippen LogP contribution in [-0.2, 0) is 10.6 Å². The first-order valence-corrected chi connectivity index (χ1v) is 8.42. The SMILES string of the molecule is Clc1cccc2c1c1ncnn1c1c(C3(C4CC4)N=CNO3)ncn21. The molecule has 1 unspecified atom stereocenters. The fourth-order valence-corrected chi connectivity index (χ4v) is 3.96. The summed E-state index contributed by atoms with van der Waals surface area (Å²) < 4.78 is 3.73. The first kappa shape index (κ1) is 13.6. The van der Waals surface area contributed by atoms with Crippen LogP contribution in [0.5, 0.6) is 0 Å². The van der Waals surface area contributed by atoms with Crippen molar-refractivity contribution in [3.8, 4) is 0 Å². The summed E-state index contributed by atoms with van der Waals surface area (Å²) in [5, 5.41) is 5.88. The Bertz CT molecular complexity index is 1190. The molecular weight excluding hydrogens is 342 g/mol. The van der Waals surface area contributed by atoms with Crippen LogP contribution in [0, 0.1) is 5.92 Å². The lowest BCUT2D eigenvalue weighted by atomic mass is 10.1. The smallest absolute Gasteiger partial charge is 0.235 e. The van der Waals surface area contributed by atoms with Gasteiger partial charge in [-0.3, -0.25) is 9.88 Å². The summed E-state index contributed by atoms with van der Waals surface area (Å²) in [4.78, 5) is 19.5. The number of benzene rings is 1. The Morgan fingerprint density at radius 3 is 3.00 bits per heavy atom. The van der Waals surface area contributed by atoms with E-state index in [-0.39, 0.29) is 0 Å². The molecule has 1 aliphatic carbocycles. The number of nitrogens with zero attached hydrogens (tertiary/aromatic N) is 6. The Labute approximate surface area is 146 Å². The van der Waals surface area contributed by atoms with Crippen molar-refractivity contribution in [3.63, 3.8) is 0 Å². The molecule has 0 amide bonds. The molecule has 9 heteroatoms. The van der Waals surface area contributed by atoms with Gasteiger partial charge in [0.2, 0.25) is 5.72 Å². The molecule has 0 radical (unpaired) electrons. The van der Waals surface area contributed by atoms with E-state index in [1.165, 1.54) is 6.33 Å². The lowest BCUT2D eigenvalue weighted by Crippen LogP contribution is -2.30. The molecular formula is C16H12ClN7O. The topological polar surface area (TPSA) is 81.1 Å². The van der Waals surface area contributed by atoms with E-state index in [1.807, 2.05) is 22.6 Å². The Kier molecular flexibility index (Phi) is 2.42. The second-order valence-corrected chi connectivity index (χ2v) is 6.77. The zero-order valence-corrected chi connectivity index (χ0v) is 13.7. The minimum atomic E-state index is -0.820. The van der Waals surface area contributed by atoms with Crippen molar-refractivity contribution in [2.45, 2.75) is 18.6 Å². The third-order valence-electron chi connectivity index (χ3n) is 4.96. The van der Waals surface area contributed by atoms with Crippen LogP contribution in [0.15, 0.2) is 35.8 Å². The van der Waals surface area contributed by atoms with Gasteiger partial charge >= 0.3 is 0 Å². The maximum Gasteiger partial charge on any atom is 0.235 e. The third kappa shape index (κ3) is 1.60. The third-order valence-corrected chi connectivity index (χ3v) is 5.27. The van der Waals surface area contributed by atoms with E-state index >= 15 is 0 Å². The average molecular weight is 354 g/mol. The first-order valence-electron chi connectivity index (χ1n) is 8.04. The van der Waals surface area contributed by atoms with E-state index in [9.17, 15) is 0 Å². The molecule has 1 aromatic carbocycles. The molecule has 0 spiro atoms. The van der Waals surface area contributed by atoms with Crippen molar-refractivity contribution in [2.75, 3.05) is 0 Å². The van der Waals surface area contributed by atoms with Gasteiger partial charge in [0, 0.05) is 5.92 Å². The molecule has 124 valence electrons. The number of hydrogen-bond acceptors (Lipinski definition) is 6.